The predicted molar refractivity (Wildman–Crippen MR) is 202 cm³/mol. The molecule has 0 atom stereocenters. The summed E-state index contributed by atoms with van der Waals surface area (Å²) in [7, 11) is 0. The lowest BCUT2D eigenvalue weighted by molar-refractivity contribution is 0.103. The molecule has 4 heterocycles. The van der Waals surface area contributed by atoms with Crippen molar-refractivity contribution in [2.24, 2.45) is 0 Å². The molecule has 4 aliphatic heterocycles. The van der Waals surface area contributed by atoms with Gasteiger partial charge in [0.05, 0.1) is 0 Å². The zero-order valence-corrected chi connectivity index (χ0v) is 28.5. The molecular weight excluding hydrogens is 617 g/mol. The third kappa shape index (κ3) is 6.69. The van der Waals surface area contributed by atoms with Gasteiger partial charge in [0.25, 0.3) is 0 Å². The van der Waals surface area contributed by atoms with Gasteiger partial charge in [-0.2, -0.15) is 0 Å². The largest absolute Gasteiger partial charge is 0.457 e. The Morgan fingerprint density at radius 3 is 0.960 bits per heavy atom. The van der Waals surface area contributed by atoms with E-state index in [0.29, 0.717) is 45.3 Å². The molecule has 0 fully saturated rings. The molecule has 6 aromatic carbocycles. The van der Waals surface area contributed by atoms with Gasteiger partial charge in [-0.15, -0.1) is 0 Å². The topological polar surface area (TPSA) is 52.6 Å². The number of hydrogen-bond acceptors (Lipinski definition) is 4. The minimum Gasteiger partial charge on any atom is -0.457 e. The molecule has 244 valence electrons. The Bertz CT molecular complexity index is 2160. The van der Waals surface area contributed by atoms with Crippen LogP contribution in [0.2, 0.25) is 0 Å². The lowest BCUT2D eigenvalue weighted by atomic mass is 9.92. The van der Waals surface area contributed by atoms with Crippen molar-refractivity contribution in [2.75, 3.05) is 0 Å². The van der Waals surface area contributed by atoms with Crippen LogP contribution in [0.3, 0.4) is 0 Å². The van der Waals surface area contributed by atoms with Gasteiger partial charge in [-0.3, -0.25) is 9.59 Å². The van der Waals surface area contributed by atoms with Crippen LogP contribution in [0.15, 0.2) is 146 Å². The summed E-state index contributed by atoms with van der Waals surface area (Å²) in [5, 5.41) is 0. The molecule has 0 N–H and O–H groups in total. The second-order valence-electron chi connectivity index (χ2n) is 12.6. The van der Waals surface area contributed by atoms with Crippen molar-refractivity contribution in [2.45, 2.75) is 27.7 Å². The molecule has 50 heavy (non-hydrogen) atoms. The minimum atomic E-state index is -0.0664. The third-order valence-corrected chi connectivity index (χ3v) is 9.48. The fourth-order valence-corrected chi connectivity index (χ4v) is 6.19. The summed E-state index contributed by atoms with van der Waals surface area (Å²) >= 11 is 0. The molecule has 0 radical (unpaired) electrons. The average molecular weight is 653 g/mol. The Balaban J connectivity index is 1.30. The maximum atomic E-state index is 13.6. The number of benzene rings is 6. The van der Waals surface area contributed by atoms with E-state index in [9.17, 15) is 9.59 Å². The summed E-state index contributed by atoms with van der Waals surface area (Å²) in [4.78, 5) is 27.2. The number of carbonyl (C=O) groups excluding carboxylic acids is 2. The van der Waals surface area contributed by atoms with E-state index in [1.807, 2.05) is 123 Å². The first-order chi connectivity index (χ1) is 24.2. The van der Waals surface area contributed by atoms with Crippen molar-refractivity contribution in [1.82, 2.24) is 0 Å². The Labute approximate surface area is 293 Å². The Morgan fingerprint density at radius 1 is 0.300 bits per heavy atom. The van der Waals surface area contributed by atoms with Gasteiger partial charge in [0.1, 0.15) is 23.0 Å². The molecule has 0 spiro atoms. The van der Waals surface area contributed by atoms with Gasteiger partial charge in [0.2, 0.25) is 0 Å². The van der Waals surface area contributed by atoms with Crippen molar-refractivity contribution in [3.8, 4) is 23.0 Å². The van der Waals surface area contributed by atoms with Gasteiger partial charge in [-0.05, 0) is 157 Å². The summed E-state index contributed by atoms with van der Waals surface area (Å²) in [6, 6.07) is 45.9. The van der Waals surface area contributed by atoms with Crippen LogP contribution in [0, 0.1) is 0 Å². The second-order valence-corrected chi connectivity index (χ2v) is 12.6. The Kier molecular flexibility index (Phi) is 8.85. The fraction of sp³-hybridized carbons (Fsp3) is 0.0870. The van der Waals surface area contributed by atoms with Crippen LogP contribution in [-0.4, -0.2) is 11.6 Å². The summed E-state index contributed by atoms with van der Waals surface area (Å²) in [6.07, 6.45) is 0. The number of ether oxygens (including phenoxy) is 2. The molecule has 0 aliphatic carbocycles. The van der Waals surface area contributed by atoms with Crippen LogP contribution in [0.5, 0.6) is 23.0 Å². The van der Waals surface area contributed by atoms with E-state index >= 15 is 0 Å². The van der Waals surface area contributed by atoms with Crippen LogP contribution in [-0.2, 0) is 0 Å². The maximum Gasteiger partial charge on any atom is 0.193 e. The van der Waals surface area contributed by atoms with Crippen molar-refractivity contribution in [3.63, 3.8) is 0 Å². The lowest BCUT2D eigenvalue weighted by Gasteiger charge is -2.13. The van der Waals surface area contributed by atoms with Gasteiger partial charge in [-0.25, -0.2) is 0 Å². The highest BCUT2D eigenvalue weighted by atomic mass is 16.5. The average Bonchev–Trinajstić information content (AvgIpc) is 3.16. The zero-order chi connectivity index (χ0) is 34.8. The van der Waals surface area contributed by atoms with Crippen LogP contribution in [0.4, 0.5) is 0 Å². The van der Waals surface area contributed by atoms with Gasteiger partial charge in [0.15, 0.2) is 11.6 Å². The number of allylic oxidation sites excluding steroid dienone is 4. The van der Waals surface area contributed by atoms with Crippen molar-refractivity contribution in [1.29, 1.82) is 0 Å². The van der Waals surface area contributed by atoms with Gasteiger partial charge >= 0.3 is 0 Å². The second kappa shape index (κ2) is 13.7. The van der Waals surface area contributed by atoms with E-state index in [1.165, 1.54) is 0 Å². The molecule has 0 saturated carbocycles. The summed E-state index contributed by atoms with van der Waals surface area (Å²) in [5.74, 6) is 2.57. The highest BCUT2D eigenvalue weighted by Gasteiger charge is 2.15. The smallest absolute Gasteiger partial charge is 0.193 e. The van der Waals surface area contributed by atoms with Crippen LogP contribution < -0.4 is 9.47 Å². The SMILES string of the molecule is CC1=C(C)c2cccc(c2)Oc2ccc(cc2)C(=O)c2cccc(c2)C(C)=C(C)c2cccc(c2)C(=O)c2ccc(cc2)Oc2cccc1c2. The minimum absolute atomic E-state index is 0.0664. The molecule has 0 saturated heterocycles. The molecule has 4 nitrogen and oxygen atoms in total. The molecule has 10 rings (SSSR count). The molecule has 0 amide bonds. The Hall–Kier alpha value is -6.26. The normalized spacial score (nSPS) is 13.4. The van der Waals surface area contributed by atoms with E-state index in [0.717, 1.165) is 44.5 Å². The highest BCUT2D eigenvalue weighted by Crippen LogP contribution is 2.33. The first-order valence-corrected chi connectivity index (χ1v) is 16.7. The number of carbonyl (C=O) groups is 2. The fourth-order valence-electron chi connectivity index (χ4n) is 6.19. The molecule has 6 aromatic rings. The van der Waals surface area contributed by atoms with E-state index < -0.39 is 0 Å². The van der Waals surface area contributed by atoms with Crippen LogP contribution in [0.1, 0.15) is 81.8 Å². The van der Waals surface area contributed by atoms with Gasteiger partial charge in [-0.1, -0.05) is 60.7 Å². The molecule has 0 unspecified atom stereocenters. The van der Waals surface area contributed by atoms with Gasteiger partial charge in [0, 0.05) is 22.3 Å². The standard InChI is InChI=1S/C46H36O4/c1-29-30(2)36-10-6-14-40(26-36)46(48)34-19-23-42(24-20-34)50-44-16-8-12-38(28-44)32(4)31(3)37-11-7-15-43(27-37)49-41-21-17-33(18-22-41)45(47)39-13-5-9-35(29)25-39/h5-28H,1-4H3. The predicted octanol–water partition coefficient (Wildman–Crippen LogP) is 11.9. The maximum absolute atomic E-state index is 13.6. The highest BCUT2D eigenvalue weighted by molar-refractivity contribution is 6.10. The molecule has 4 heteroatoms. The number of rotatable bonds is 0. The van der Waals surface area contributed by atoms with Crippen LogP contribution in [0.25, 0.3) is 22.3 Å². The quantitative estimate of drug-likeness (QED) is 0.164. The van der Waals surface area contributed by atoms with E-state index in [4.69, 9.17) is 9.47 Å². The molecule has 0 aromatic heterocycles. The monoisotopic (exact) mass is 652 g/mol. The summed E-state index contributed by atoms with van der Waals surface area (Å²) in [6.45, 7) is 8.28. The molecule has 4 aliphatic rings. The van der Waals surface area contributed by atoms with Crippen molar-refractivity contribution < 1.29 is 19.1 Å². The third-order valence-electron chi connectivity index (χ3n) is 9.48. The molecular formula is C46H36O4. The van der Waals surface area contributed by atoms with Crippen LogP contribution >= 0.6 is 0 Å². The van der Waals surface area contributed by atoms with Gasteiger partial charge < -0.3 is 9.47 Å². The number of hydrogen-bond donors (Lipinski definition) is 0. The van der Waals surface area contributed by atoms with E-state index in [2.05, 4.69) is 26.0 Å². The van der Waals surface area contributed by atoms with E-state index in [1.54, 1.807) is 24.3 Å². The summed E-state index contributed by atoms with van der Waals surface area (Å²) < 4.78 is 12.5. The lowest BCUT2D eigenvalue weighted by Crippen LogP contribution is -2.03. The van der Waals surface area contributed by atoms with Crippen molar-refractivity contribution >= 4 is 33.9 Å². The van der Waals surface area contributed by atoms with E-state index in [-0.39, 0.29) is 11.6 Å². The summed E-state index contributed by atoms with van der Waals surface area (Å²) in [5.41, 5.74) is 10.6. The molecule has 12 bridgehead atoms. The Morgan fingerprint density at radius 2 is 0.600 bits per heavy atom. The van der Waals surface area contributed by atoms with Crippen molar-refractivity contribution in [3.05, 3.63) is 190 Å². The first-order valence-electron chi connectivity index (χ1n) is 16.7. The first kappa shape index (κ1) is 32.3. The number of ketones is 2. The zero-order valence-electron chi connectivity index (χ0n) is 28.5.